The molecule has 1 heterocycles. The van der Waals surface area contributed by atoms with Crippen LogP contribution in [0.25, 0.3) is 10.6 Å². The minimum Gasteiger partial charge on any atom is -0.453 e. The molecule has 0 unspecified atom stereocenters. The zero-order valence-electron chi connectivity index (χ0n) is 16.1. The van der Waals surface area contributed by atoms with Gasteiger partial charge in [0.1, 0.15) is 9.88 Å². The lowest BCUT2D eigenvalue weighted by atomic mass is 9.48. The predicted molar refractivity (Wildman–Crippen MR) is 108 cm³/mol. The van der Waals surface area contributed by atoms with E-state index in [0.29, 0.717) is 28.3 Å². The molecule has 4 aliphatic carbocycles. The molecule has 1 aromatic heterocycles. The molecule has 0 aliphatic heterocycles. The van der Waals surface area contributed by atoms with Gasteiger partial charge in [-0.3, -0.25) is 4.79 Å². The molecule has 0 atom stereocenters. The number of aryl methyl sites for hydroxylation is 1. The van der Waals surface area contributed by atoms with Crippen LogP contribution >= 0.6 is 11.3 Å². The quantitative estimate of drug-likeness (QED) is 0.664. The number of rotatable bonds is 5. The topological polar surface area (TPSA) is 56.3 Å². The lowest BCUT2D eigenvalue weighted by Crippen LogP contribution is -2.51. The molecule has 0 spiro atoms. The Kier molecular flexibility index (Phi) is 4.38. The Morgan fingerprint density at radius 2 is 1.68 bits per heavy atom. The first-order chi connectivity index (χ1) is 13.5. The molecule has 0 N–H and O–H groups in total. The first-order valence-electron chi connectivity index (χ1n) is 10.3. The molecule has 5 heteroatoms. The molecule has 4 saturated carbocycles. The van der Waals surface area contributed by atoms with Gasteiger partial charge in [0.05, 0.1) is 5.69 Å². The van der Waals surface area contributed by atoms with E-state index < -0.39 is 5.97 Å². The molecule has 4 aliphatic rings. The van der Waals surface area contributed by atoms with Crippen molar-refractivity contribution in [2.75, 3.05) is 6.61 Å². The van der Waals surface area contributed by atoms with Crippen LogP contribution in [-0.2, 0) is 9.53 Å². The molecule has 0 saturated heterocycles. The Balaban J connectivity index is 1.27. The summed E-state index contributed by atoms with van der Waals surface area (Å²) in [6.45, 7) is 1.73. The maximum absolute atomic E-state index is 13.1. The molecular formula is C23H25NO3S. The van der Waals surface area contributed by atoms with Crippen LogP contribution in [-0.4, -0.2) is 23.3 Å². The van der Waals surface area contributed by atoms with Crippen molar-refractivity contribution in [3.05, 3.63) is 40.9 Å². The third-order valence-electron chi connectivity index (χ3n) is 6.97. The Bertz CT molecular complexity index is 882. The highest BCUT2D eigenvalue weighted by molar-refractivity contribution is 7.17. The third-order valence-corrected chi connectivity index (χ3v) is 8.15. The lowest BCUT2D eigenvalue weighted by molar-refractivity contribution is -0.147. The zero-order valence-corrected chi connectivity index (χ0v) is 17.0. The normalized spacial score (nSPS) is 30.4. The predicted octanol–water partition coefficient (Wildman–Crippen LogP) is 5.06. The number of Topliss-reactive ketones (excluding diaryl/α,β-unsaturated/α-hetero) is 1. The van der Waals surface area contributed by atoms with Gasteiger partial charge in [0.15, 0.2) is 12.4 Å². The number of nitrogens with zero attached hydrogens (tertiary/aromatic N) is 1. The summed E-state index contributed by atoms with van der Waals surface area (Å²) in [5.74, 6) is 1.86. The lowest BCUT2D eigenvalue weighted by Gasteiger charge is -2.55. The van der Waals surface area contributed by atoms with Gasteiger partial charge < -0.3 is 4.74 Å². The number of carbonyl (C=O) groups excluding carboxylic acids is 2. The van der Waals surface area contributed by atoms with E-state index in [1.807, 2.05) is 37.3 Å². The molecule has 4 fully saturated rings. The Morgan fingerprint density at radius 1 is 1.07 bits per heavy atom. The fourth-order valence-electron chi connectivity index (χ4n) is 6.09. The molecule has 6 rings (SSSR count). The van der Waals surface area contributed by atoms with Crippen LogP contribution in [0.2, 0.25) is 0 Å². The van der Waals surface area contributed by atoms with Gasteiger partial charge in [0.2, 0.25) is 0 Å². The van der Waals surface area contributed by atoms with Crippen molar-refractivity contribution in [2.24, 2.45) is 23.2 Å². The number of benzene rings is 1. The van der Waals surface area contributed by atoms with Gasteiger partial charge in [-0.2, -0.15) is 0 Å². The second-order valence-electron chi connectivity index (χ2n) is 9.00. The van der Waals surface area contributed by atoms with Gasteiger partial charge in [0, 0.05) is 11.0 Å². The van der Waals surface area contributed by atoms with Crippen molar-refractivity contribution < 1.29 is 14.3 Å². The van der Waals surface area contributed by atoms with Gasteiger partial charge in [-0.1, -0.05) is 30.3 Å². The standard InChI is InChI=1S/C23H25NO3S/c1-14-20(28-21(24-14)18-5-3-2-4-6-18)22(26)27-13-19(25)23-10-15-7-16(11-23)9-17(8-15)12-23/h2-6,15-17H,7-13H2,1H3. The summed E-state index contributed by atoms with van der Waals surface area (Å²) in [5, 5.41) is 0.803. The molecule has 0 radical (unpaired) electrons. The van der Waals surface area contributed by atoms with Gasteiger partial charge in [-0.05, 0) is 63.2 Å². The number of hydrogen-bond donors (Lipinski definition) is 0. The van der Waals surface area contributed by atoms with E-state index in [1.165, 1.54) is 30.6 Å². The van der Waals surface area contributed by atoms with Crippen LogP contribution < -0.4 is 0 Å². The average Bonchev–Trinajstić information content (AvgIpc) is 3.07. The average molecular weight is 396 g/mol. The number of ketones is 1. The van der Waals surface area contributed by atoms with E-state index in [1.54, 1.807) is 0 Å². The van der Waals surface area contributed by atoms with Gasteiger partial charge in [-0.25, -0.2) is 9.78 Å². The second-order valence-corrected chi connectivity index (χ2v) is 10.00. The smallest absolute Gasteiger partial charge is 0.350 e. The Hall–Kier alpha value is -2.01. The first-order valence-corrected chi connectivity index (χ1v) is 11.1. The molecule has 4 bridgehead atoms. The minimum atomic E-state index is -0.421. The number of aromatic nitrogens is 1. The maximum atomic E-state index is 13.1. The number of thiazole rings is 1. The SMILES string of the molecule is Cc1nc(-c2ccccc2)sc1C(=O)OCC(=O)C12CC3CC(CC(C3)C1)C2. The second kappa shape index (κ2) is 6.80. The largest absolute Gasteiger partial charge is 0.453 e. The van der Waals surface area contributed by atoms with E-state index >= 15 is 0 Å². The summed E-state index contributed by atoms with van der Waals surface area (Å²) in [5.41, 5.74) is 1.43. The summed E-state index contributed by atoms with van der Waals surface area (Å²) in [4.78, 5) is 30.7. The van der Waals surface area contributed by atoms with Gasteiger partial charge >= 0.3 is 5.97 Å². The Labute approximate surface area is 169 Å². The van der Waals surface area contributed by atoms with Crippen molar-refractivity contribution in [3.8, 4) is 10.6 Å². The summed E-state index contributed by atoms with van der Waals surface area (Å²) < 4.78 is 5.49. The van der Waals surface area contributed by atoms with Crippen molar-refractivity contribution in [1.29, 1.82) is 0 Å². The highest BCUT2D eigenvalue weighted by Crippen LogP contribution is 2.60. The highest BCUT2D eigenvalue weighted by Gasteiger charge is 2.54. The van der Waals surface area contributed by atoms with Crippen LogP contribution in [0.1, 0.15) is 53.9 Å². The summed E-state index contributed by atoms with van der Waals surface area (Å²) in [6, 6.07) is 9.81. The molecule has 0 amide bonds. The van der Waals surface area contributed by atoms with Crippen LogP contribution in [0.5, 0.6) is 0 Å². The molecule has 4 nitrogen and oxygen atoms in total. The van der Waals surface area contributed by atoms with E-state index in [9.17, 15) is 9.59 Å². The number of carbonyl (C=O) groups is 2. The molecule has 2 aromatic rings. The van der Waals surface area contributed by atoms with E-state index in [2.05, 4.69) is 4.98 Å². The van der Waals surface area contributed by atoms with Crippen LogP contribution in [0.15, 0.2) is 30.3 Å². The van der Waals surface area contributed by atoms with Crippen molar-refractivity contribution >= 4 is 23.1 Å². The van der Waals surface area contributed by atoms with E-state index in [0.717, 1.165) is 29.8 Å². The third kappa shape index (κ3) is 3.10. The Morgan fingerprint density at radius 3 is 2.29 bits per heavy atom. The minimum absolute atomic E-state index is 0.0942. The van der Waals surface area contributed by atoms with Crippen LogP contribution in [0, 0.1) is 30.1 Å². The van der Waals surface area contributed by atoms with Gasteiger partial charge in [0.25, 0.3) is 0 Å². The molecule has 28 heavy (non-hydrogen) atoms. The van der Waals surface area contributed by atoms with Crippen molar-refractivity contribution in [3.63, 3.8) is 0 Å². The fourth-order valence-corrected chi connectivity index (χ4v) is 7.06. The first kappa shape index (κ1) is 18.0. The molecular weight excluding hydrogens is 370 g/mol. The maximum Gasteiger partial charge on any atom is 0.350 e. The van der Waals surface area contributed by atoms with Crippen molar-refractivity contribution in [1.82, 2.24) is 4.98 Å². The number of hydrogen-bond acceptors (Lipinski definition) is 5. The zero-order chi connectivity index (χ0) is 19.3. The fraction of sp³-hybridized carbons (Fsp3) is 0.522. The van der Waals surface area contributed by atoms with Crippen LogP contribution in [0.4, 0.5) is 0 Å². The summed E-state index contributed by atoms with van der Waals surface area (Å²) >= 11 is 1.33. The van der Waals surface area contributed by atoms with Crippen molar-refractivity contribution in [2.45, 2.75) is 45.4 Å². The van der Waals surface area contributed by atoms with Crippen LogP contribution in [0.3, 0.4) is 0 Å². The summed E-state index contributed by atoms with van der Waals surface area (Å²) in [7, 11) is 0. The molecule has 146 valence electrons. The van der Waals surface area contributed by atoms with E-state index in [4.69, 9.17) is 4.74 Å². The molecule has 1 aromatic carbocycles. The monoisotopic (exact) mass is 395 g/mol. The highest BCUT2D eigenvalue weighted by atomic mass is 32.1. The van der Waals surface area contributed by atoms with Gasteiger partial charge in [-0.15, -0.1) is 11.3 Å². The van der Waals surface area contributed by atoms with E-state index in [-0.39, 0.29) is 17.8 Å². The number of ether oxygens (including phenoxy) is 1. The summed E-state index contributed by atoms with van der Waals surface area (Å²) in [6.07, 6.45) is 6.92. The number of esters is 1.